The second kappa shape index (κ2) is 33.9. The number of carbonyl (C=O) groups excluding carboxylic acids is 8. The average Bonchev–Trinajstić information content (AvgIpc) is 3.33. The lowest BCUT2D eigenvalue weighted by molar-refractivity contribution is -0.141. The number of benzene rings is 2. The first-order valence-corrected chi connectivity index (χ1v) is 25.2. The fourth-order valence-electron chi connectivity index (χ4n) is 6.34. The molecule has 9 amide bonds. The van der Waals surface area contributed by atoms with E-state index in [-0.39, 0.29) is 32.4 Å². The van der Waals surface area contributed by atoms with E-state index in [1.165, 1.54) is 21.6 Å². The van der Waals surface area contributed by atoms with Gasteiger partial charge in [0.15, 0.2) is 0 Å². The van der Waals surface area contributed by atoms with E-state index in [9.17, 15) is 72.9 Å². The number of hydrogen-bond acceptors (Lipinski definition) is 16. The van der Waals surface area contributed by atoms with Crippen molar-refractivity contribution in [2.45, 2.75) is 101 Å². The second-order valence-corrected chi connectivity index (χ2v) is 18.9. The van der Waals surface area contributed by atoms with Crippen LogP contribution in [0.25, 0.3) is 0 Å². The van der Waals surface area contributed by atoms with Gasteiger partial charge in [-0.2, -0.15) is 0 Å². The highest BCUT2D eigenvalue weighted by atomic mass is 33.1. The molecule has 0 heterocycles. The molecule has 7 atom stereocenters. The van der Waals surface area contributed by atoms with Crippen molar-refractivity contribution in [3.8, 4) is 0 Å². The predicted molar refractivity (Wildman–Crippen MR) is 266 cm³/mol. The van der Waals surface area contributed by atoms with E-state index >= 15 is 0 Å². The first-order valence-electron chi connectivity index (χ1n) is 22.8. The Bertz CT molecular complexity index is 2250. The van der Waals surface area contributed by atoms with Gasteiger partial charge in [-0.15, -0.1) is 0 Å². The minimum absolute atomic E-state index is 0.0606. The average molecular weight is 1080 g/mol. The number of ether oxygens (including phenoxy) is 1. The smallest absolute Gasteiger partial charge is 0.404 e. The SMILES string of the molecule is C[C@@H](CSSCCOC(N)=O)NC(=O)[C@H](CC(=O)O)NC(=O)[C@@H](N)CNC(=O)[C@H](Cc1ccccc1)NC(=O)C(Cc1ccccc1)NC(=O)CCNC(=O)CC[C@H](NC(=O)N[C@@H](CCC(=O)O)C(=O)O)C(=O)O. The summed E-state index contributed by atoms with van der Waals surface area (Å²) >= 11 is 0. The van der Waals surface area contributed by atoms with Crippen molar-refractivity contribution in [2.24, 2.45) is 11.5 Å². The molecule has 29 heteroatoms. The third-order valence-corrected chi connectivity index (χ3v) is 12.6. The molecular weight excluding hydrogens is 1020 g/mol. The van der Waals surface area contributed by atoms with Gasteiger partial charge in [0.1, 0.15) is 42.9 Å². The number of nitrogens with one attached hydrogen (secondary N) is 8. The van der Waals surface area contributed by atoms with Gasteiger partial charge < -0.3 is 79.2 Å². The quantitative estimate of drug-likeness (QED) is 0.0267. The lowest BCUT2D eigenvalue weighted by Gasteiger charge is -2.25. The number of carboxylic acid groups (broad SMARTS) is 4. The van der Waals surface area contributed by atoms with Gasteiger partial charge in [-0.3, -0.25) is 38.4 Å². The van der Waals surface area contributed by atoms with Gasteiger partial charge in [0.05, 0.1) is 6.42 Å². The van der Waals surface area contributed by atoms with E-state index in [0.717, 1.165) is 0 Å². The Morgan fingerprint density at radius 2 is 1.09 bits per heavy atom. The number of aliphatic carboxylic acids is 4. The Balaban J connectivity index is 2.08. The van der Waals surface area contributed by atoms with Crippen LogP contribution < -0.4 is 54.0 Å². The van der Waals surface area contributed by atoms with Crippen molar-refractivity contribution in [3.05, 3.63) is 71.8 Å². The van der Waals surface area contributed by atoms with Crippen LogP contribution in [0.3, 0.4) is 0 Å². The lowest BCUT2D eigenvalue weighted by atomic mass is 10.0. The number of carbonyl (C=O) groups is 12. The molecular formula is C45H62N10O17S2. The summed E-state index contributed by atoms with van der Waals surface area (Å²) in [5, 5.41) is 56.2. The topological polar surface area (TPSA) is 443 Å². The Morgan fingerprint density at radius 1 is 0.568 bits per heavy atom. The molecule has 74 heavy (non-hydrogen) atoms. The van der Waals surface area contributed by atoms with E-state index < -0.39 is 152 Å². The van der Waals surface area contributed by atoms with E-state index in [0.29, 0.717) is 22.6 Å². The summed E-state index contributed by atoms with van der Waals surface area (Å²) in [6.07, 6.45) is -4.23. The highest BCUT2D eigenvalue weighted by Crippen LogP contribution is 2.21. The van der Waals surface area contributed by atoms with Crippen molar-refractivity contribution in [1.29, 1.82) is 0 Å². The molecule has 0 spiro atoms. The molecule has 27 nitrogen and oxygen atoms in total. The molecule has 0 radical (unpaired) electrons. The van der Waals surface area contributed by atoms with Gasteiger partial charge in [0.2, 0.25) is 35.4 Å². The summed E-state index contributed by atoms with van der Waals surface area (Å²) in [6.45, 7) is 0.911. The minimum atomic E-state index is -1.66. The van der Waals surface area contributed by atoms with Crippen molar-refractivity contribution in [3.63, 3.8) is 0 Å². The Labute approximate surface area is 431 Å². The number of urea groups is 1. The molecule has 16 N–H and O–H groups in total. The second-order valence-electron chi connectivity index (χ2n) is 16.2. The predicted octanol–water partition coefficient (Wildman–Crippen LogP) is -1.82. The van der Waals surface area contributed by atoms with Crippen LogP contribution in [0.1, 0.15) is 56.6 Å². The van der Waals surface area contributed by atoms with Crippen LogP contribution in [0.5, 0.6) is 0 Å². The molecule has 0 fully saturated rings. The minimum Gasteiger partial charge on any atom is -0.481 e. The number of amides is 9. The van der Waals surface area contributed by atoms with Gasteiger partial charge >= 0.3 is 36.0 Å². The zero-order valence-corrected chi connectivity index (χ0v) is 41.7. The number of rotatable bonds is 35. The van der Waals surface area contributed by atoms with Crippen LogP contribution in [-0.2, 0) is 65.5 Å². The Hall–Kier alpha value is -7.66. The summed E-state index contributed by atoms with van der Waals surface area (Å²) in [7, 11) is 2.67. The monoisotopic (exact) mass is 1080 g/mol. The zero-order chi connectivity index (χ0) is 55.2. The van der Waals surface area contributed by atoms with Crippen molar-refractivity contribution in [1.82, 2.24) is 42.5 Å². The van der Waals surface area contributed by atoms with Crippen molar-refractivity contribution < 1.29 is 82.7 Å². The molecule has 1 unspecified atom stereocenters. The van der Waals surface area contributed by atoms with Crippen LogP contribution in [-0.4, -0.2) is 165 Å². The third-order valence-electron chi connectivity index (χ3n) is 10.1. The number of nitrogens with two attached hydrogens (primary N) is 2. The maximum absolute atomic E-state index is 14.0. The molecule has 2 aromatic carbocycles. The first kappa shape index (κ1) is 62.5. The van der Waals surface area contributed by atoms with Gasteiger partial charge in [0.25, 0.3) is 0 Å². The molecule has 0 aromatic heterocycles. The van der Waals surface area contributed by atoms with Gasteiger partial charge in [-0.05, 0) is 30.9 Å². The Morgan fingerprint density at radius 3 is 1.62 bits per heavy atom. The largest absolute Gasteiger partial charge is 0.481 e. The fourth-order valence-corrected chi connectivity index (χ4v) is 8.45. The highest BCUT2D eigenvalue weighted by Gasteiger charge is 2.31. The summed E-state index contributed by atoms with van der Waals surface area (Å²) in [6, 6.07) is 6.34. The molecule has 2 rings (SSSR count). The van der Waals surface area contributed by atoms with E-state index in [4.69, 9.17) is 16.6 Å². The standard InChI is InChI=1S/C45H62N10O17S2/c1-25(24-74-73-19-18-72-44(47)70)50-40(64)33(22-37(60)61)52-38(62)28(46)23-49-39(63)31(20-26-8-4-2-5-9-26)53-41(65)32(21-27-10-6-3-7-11-27)51-35(57)16-17-48-34(56)14-12-29(42(66)67)54-45(71)55-30(43(68)69)13-15-36(58)59/h2-11,25,28-33H,12-24,46H2,1H3,(H2,47,70)(H,48,56)(H,49,63)(H,50,64)(H,51,57)(H,52,62)(H,53,65)(H,58,59)(H,60,61)(H,66,67)(H,68,69)(H2,54,55,71)/t25-,28-,29-,30-,31-,32?,33-/m0/s1. The molecule has 0 saturated carbocycles. The van der Waals surface area contributed by atoms with E-state index in [1.54, 1.807) is 67.6 Å². The lowest BCUT2D eigenvalue weighted by Crippen LogP contribution is -2.58. The van der Waals surface area contributed by atoms with Crippen molar-refractivity contribution in [2.75, 3.05) is 31.2 Å². The van der Waals surface area contributed by atoms with E-state index in [1.807, 2.05) is 10.6 Å². The maximum atomic E-state index is 14.0. The molecule has 0 aliphatic rings. The zero-order valence-electron chi connectivity index (χ0n) is 40.1. The molecule has 0 aliphatic carbocycles. The fraction of sp³-hybridized carbons (Fsp3) is 0.467. The van der Waals surface area contributed by atoms with Gasteiger partial charge in [0, 0.05) is 62.7 Å². The number of carboxylic acids is 4. The summed E-state index contributed by atoms with van der Waals surface area (Å²) < 4.78 is 4.64. The summed E-state index contributed by atoms with van der Waals surface area (Å²) in [5.41, 5.74) is 12.2. The maximum Gasteiger partial charge on any atom is 0.404 e. The number of primary amides is 1. The van der Waals surface area contributed by atoms with Crippen LogP contribution in [0.15, 0.2) is 60.7 Å². The molecule has 2 aromatic rings. The Kier molecular flexibility index (Phi) is 28.6. The molecule has 0 aliphatic heterocycles. The number of hydrogen-bond donors (Lipinski definition) is 14. The molecule has 0 bridgehead atoms. The highest BCUT2D eigenvalue weighted by molar-refractivity contribution is 8.76. The summed E-state index contributed by atoms with van der Waals surface area (Å²) in [5.74, 6) is -9.90. The van der Waals surface area contributed by atoms with Crippen molar-refractivity contribution >= 4 is 93.0 Å². The summed E-state index contributed by atoms with van der Waals surface area (Å²) in [4.78, 5) is 148. The van der Waals surface area contributed by atoms with Crippen LogP contribution in [0.2, 0.25) is 0 Å². The van der Waals surface area contributed by atoms with E-state index in [2.05, 4.69) is 36.6 Å². The van der Waals surface area contributed by atoms with Crippen LogP contribution in [0, 0.1) is 0 Å². The molecule has 0 saturated heterocycles. The normalized spacial score (nSPS) is 13.5. The third kappa shape index (κ3) is 26.7. The van der Waals surface area contributed by atoms with Gasteiger partial charge in [-0.1, -0.05) is 82.3 Å². The first-order chi connectivity index (χ1) is 35.0. The molecule has 406 valence electrons. The van der Waals surface area contributed by atoms with Gasteiger partial charge in [-0.25, -0.2) is 19.2 Å². The van der Waals surface area contributed by atoms with Crippen LogP contribution in [0.4, 0.5) is 9.59 Å². The van der Waals surface area contributed by atoms with Crippen LogP contribution >= 0.6 is 21.6 Å².